The molecule has 7 heteroatoms. The molecule has 0 spiro atoms. The predicted octanol–water partition coefficient (Wildman–Crippen LogP) is 3.56. The summed E-state index contributed by atoms with van der Waals surface area (Å²) >= 11 is 1.45. The molecule has 0 saturated heterocycles. The van der Waals surface area contributed by atoms with Gasteiger partial charge < -0.3 is 4.74 Å². The summed E-state index contributed by atoms with van der Waals surface area (Å²) in [5, 5.41) is 11.4. The molecule has 110 valence electrons. The Bertz CT molecular complexity index is 826. The van der Waals surface area contributed by atoms with Gasteiger partial charge in [0.05, 0.1) is 20.7 Å². The van der Waals surface area contributed by atoms with Crippen molar-refractivity contribution < 1.29 is 14.5 Å². The SMILES string of the molecule is O=C(OCc1nc2ccccc2s1)c1cccc([N+](=O)[O-])c1. The molecule has 0 aliphatic carbocycles. The minimum atomic E-state index is -0.608. The Kier molecular flexibility index (Phi) is 3.80. The number of esters is 1. The van der Waals surface area contributed by atoms with Crippen LogP contribution in [0.2, 0.25) is 0 Å². The van der Waals surface area contributed by atoms with Crippen LogP contribution in [0.15, 0.2) is 48.5 Å². The van der Waals surface area contributed by atoms with Crippen LogP contribution in [0, 0.1) is 10.1 Å². The lowest BCUT2D eigenvalue weighted by Gasteiger charge is -2.02. The quantitative estimate of drug-likeness (QED) is 0.418. The predicted molar refractivity (Wildman–Crippen MR) is 81.8 cm³/mol. The number of hydrogen-bond donors (Lipinski definition) is 0. The molecule has 1 aromatic heterocycles. The van der Waals surface area contributed by atoms with Crippen LogP contribution in [0.1, 0.15) is 15.4 Å². The molecule has 0 amide bonds. The van der Waals surface area contributed by atoms with Gasteiger partial charge in [-0.25, -0.2) is 9.78 Å². The molecule has 0 aliphatic rings. The van der Waals surface area contributed by atoms with Crippen LogP contribution < -0.4 is 0 Å². The van der Waals surface area contributed by atoms with Crippen LogP contribution in [-0.4, -0.2) is 15.9 Å². The van der Waals surface area contributed by atoms with Crippen LogP contribution in [0.25, 0.3) is 10.2 Å². The number of carbonyl (C=O) groups excluding carboxylic acids is 1. The number of para-hydroxylation sites is 1. The summed E-state index contributed by atoms with van der Waals surface area (Å²) in [5.41, 5.74) is 0.860. The maximum absolute atomic E-state index is 11.9. The van der Waals surface area contributed by atoms with Gasteiger partial charge >= 0.3 is 5.97 Å². The molecule has 3 aromatic rings. The Hall–Kier alpha value is -2.80. The molecule has 0 saturated carbocycles. The van der Waals surface area contributed by atoms with Crippen LogP contribution >= 0.6 is 11.3 Å². The largest absolute Gasteiger partial charge is 0.455 e. The number of benzene rings is 2. The molecule has 0 bridgehead atoms. The molecular weight excluding hydrogens is 304 g/mol. The van der Waals surface area contributed by atoms with Gasteiger partial charge in [0, 0.05) is 12.1 Å². The summed E-state index contributed by atoms with van der Waals surface area (Å²) in [6.45, 7) is 0.0425. The van der Waals surface area contributed by atoms with Gasteiger partial charge in [0.25, 0.3) is 5.69 Å². The number of fused-ring (bicyclic) bond motifs is 1. The topological polar surface area (TPSA) is 82.3 Å². The summed E-state index contributed by atoms with van der Waals surface area (Å²) in [5.74, 6) is -0.608. The van der Waals surface area contributed by atoms with Gasteiger partial charge in [-0.05, 0) is 18.2 Å². The highest BCUT2D eigenvalue weighted by molar-refractivity contribution is 7.18. The summed E-state index contributed by atoms with van der Waals surface area (Å²) in [7, 11) is 0. The fraction of sp³-hybridized carbons (Fsp3) is 0.0667. The summed E-state index contributed by atoms with van der Waals surface area (Å²) in [6.07, 6.45) is 0. The molecule has 6 nitrogen and oxygen atoms in total. The van der Waals surface area contributed by atoms with Gasteiger partial charge in [-0.15, -0.1) is 11.3 Å². The minimum Gasteiger partial charge on any atom is -0.455 e. The maximum Gasteiger partial charge on any atom is 0.338 e. The van der Waals surface area contributed by atoms with Gasteiger partial charge in [-0.3, -0.25) is 10.1 Å². The third-order valence-corrected chi connectivity index (χ3v) is 3.97. The standard InChI is InChI=1S/C15H10N2O4S/c18-15(10-4-3-5-11(8-10)17(19)20)21-9-14-16-12-6-1-2-7-13(12)22-14/h1-8H,9H2. The fourth-order valence-corrected chi connectivity index (χ4v) is 2.82. The zero-order valence-corrected chi connectivity index (χ0v) is 12.1. The normalized spacial score (nSPS) is 10.5. The van der Waals surface area contributed by atoms with Crippen molar-refractivity contribution in [2.45, 2.75) is 6.61 Å². The van der Waals surface area contributed by atoms with Crippen molar-refractivity contribution in [3.63, 3.8) is 0 Å². The Balaban J connectivity index is 1.71. The van der Waals surface area contributed by atoms with Gasteiger partial charge in [0.2, 0.25) is 0 Å². The zero-order valence-electron chi connectivity index (χ0n) is 11.3. The molecule has 1 heterocycles. The highest BCUT2D eigenvalue weighted by atomic mass is 32.1. The van der Waals surface area contributed by atoms with E-state index in [0.717, 1.165) is 10.2 Å². The van der Waals surface area contributed by atoms with E-state index in [0.29, 0.717) is 5.01 Å². The molecule has 22 heavy (non-hydrogen) atoms. The molecule has 0 radical (unpaired) electrons. The molecule has 3 rings (SSSR count). The van der Waals surface area contributed by atoms with Crippen LogP contribution in [0.3, 0.4) is 0 Å². The number of ether oxygens (including phenoxy) is 1. The molecule has 2 aromatic carbocycles. The Morgan fingerprint density at radius 2 is 2.05 bits per heavy atom. The van der Waals surface area contributed by atoms with Crippen molar-refractivity contribution in [1.82, 2.24) is 4.98 Å². The van der Waals surface area contributed by atoms with Crippen molar-refractivity contribution in [2.75, 3.05) is 0 Å². The van der Waals surface area contributed by atoms with Gasteiger partial charge in [0.1, 0.15) is 11.6 Å². The average Bonchev–Trinajstić information content (AvgIpc) is 2.95. The van der Waals surface area contributed by atoms with Gasteiger partial charge in [0.15, 0.2) is 0 Å². The molecule has 0 aliphatic heterocycles. The molecule has 0 unspecified atom stereocenters. The fourth-order valence-electron chi connectivity index (χ4n) is 1.94. The maximum atomic E-state index is 11.9. The number of rotatable bonds is 4. The van der Waals surface area contributed by atoms with Crippen molar-refractivity contribution in [2.24, 2.45) is 0 Å². The van der Waals surface area contributed by atoms with E-state index in [1.54, 1.807) is 0 Å². The van der Waals surface area contributed by atoms with E-state index in [2.05, 4.69) is 4.98 Å². The Morgan fingerprint density at radius 3 is 2.82 bits per heavy atom. The van der Waals surface area contributed by atoms with Crippen molar-refractivity contribution in [3.05, 3.63) is 69.2 Å². The van der Waals surface area contributed by atoms with E-state index in [4.69, 9.17) is 4.74 Å². The highest BCUT2D eigenvalue weighted by Gasteiger charge is 2.13. The number of non-ortho nitro benzene ring substituents is 1. The Morgan fingerprint density at radius 1 is 1.23 bits per heavy atom. The number of nitro groups is 1. The monoisotopic (exact) mass is 314 g/mol. The van der Waals surface area contributed by atoms with Crippen LogP contribution in [0.5, 0.6) is 0 Å². The lowest BCUT2D eigenvalue weighted by molar-refractivity contribution is -0.384. The summed E-state index contributed by atoms with van der Waals surface area (Å²) in [6, 6.07) is 13.1. The number of nitro benzene ring substituents is 1. The Labute approximate surface area is 129 Å². The van der Waals surface area contributed by atoms with E-state index in [1.807, 2.05) is 24.3 Å². The average molecular weight is 314 g/mol. The number of hydrogen-bond acceptors (Lipinski definition) is 6. The van der Waals surface area contributed by atoms with E-state index >= 15 is 0 Å². The van der Waals surface area contributed by atoms with Gasteiger partial charge in [-0.1, -0.05) is 18.2 Å². The molecule has 0 fully saturated rings. The van der Waals surface area contributed by atoms with E-state index < -0.39 is 10.9 Å². The number of carbonyl (C=O) groups is 1. The zero-order chi connectivity index (χ0) is 15.5. The summed E-state index contributed by atoms with van der Waals surface area (Å²) < 4.78 is 6.18. The first-order chi connectivity index (χ1) is 10.6. The number of thiazole rings is 1. The third kappa shape index (κ3) is 2.94. The lowest BCUT2D eigenvalue weighted by Crippen LogP contribution is -2.05. The van der Waals surface area contributed by atoms with E-state index in [9.17, 15) is 14.9 Å². The second-order valence-corrected chi connectivity index (χ2v) is 5.57. The second kappa shape index (κ2) is 5.90. The van der Waals surface area contributed by atoms with Crippen molar-refractivity contribution in [1.29, 1.82) is 0 Å². The third-order valence-electron chi connectivity index (χ3n) is 2.96. The van der Waals surface area contributed by atoms with Crippen LogP contribution in [-0.2, 0) is 11.3 Å². The van der Waals surface area contributed by atoms with Crippen molar-refractivity contribution >= 4 is 33.2 Å². The molecule has 0 atom stereocenters. The highest BCUT2D eigenvalue weighted by Crippen LogP contribution is 2.22. The lowest BCUT2D eigenvalue weighted by atomic mass is 10.2. The summed E-state index contributed by atoms with van der Waals surface area (Å²) in [4.78, 5) is 26.4. The van der Waals surface area contributed by atoms with E-state index in [1.165, 1.54) is 35.6 Å². The number of aromatic nitrogens is 1. The second-order valence-electron chi connectivity index (χ2n) is 4.46. The first-order valence-electron chi connectivity index (χ1n) is 6.39. The first kappa shape index (κ1) is 14.2. The smallest absolute Gasteiger partial charge is 0.338 e. The molecule has 0 N–H and O–H groups in total. The molecular formula is C15H10N2O4S. The van der Waals surface area contributed by atoms with Crippen LogP contribution in [0.4, 0.5) is 5.69 Å². The number of nitrogens with zero attached hydrogens (tertiary/aromatic N) is 2. The van der Waals surface area contributed by atoms with Gasteiger partial charge in [-0.2, -0.15) is 0 Å². The van der Waals surface area contributed by atoms with Crippen molar-refractivity contribution in [3.8, 4) is 0 Å². The van der Waals surface area contributed by atoms with E-state index in [-0.39, 0.29) is 17.9 Å². The minimum absolute atomic E-state index is 0.0425. The first-order valence-corrected chi connectivity index (χ1v) is 7.21.